The van der Waals surface area contributed by atoms with E-state index in [-0.39, 0.29) is 5.63 Å². The van der Waals surface area contributed by atoms with Crippen LogP contribution in [0.25, 0.3) is 22.5 Å². The Balaban J connectivity index is 2.32. The predicted molar refractivity (Wildman–Crippen MR) is 109 cm³/mol. The van der Waals surface area contributed by atoms with Gasteiger partial charge in [0, 0.05) is 29.2 Å². The van der Waals surface area contributed by atoms with E-state index in [1.807, 2.05) is 49.4 Å². The first-order valence-electron chi connectivity index (χ1n) is 8.80. The molecular formula is C22H22ClNO2. The number of rotatable bonds is 5. The third-order valence-electron chi connectivity index (χ3n) is 4.58. The van der Waals surface area contributed by atoms with Crippen molar-refractivity contribution in [3.05, 3.63) is 75.6 Å². The van der Waals surface area contributed by atoms with E-state index in [4.69, 9.17) is 16.0 Å². The van der Waals surface area contributed by atoms with Gasteiger partial charge < -0.3 is 9.32 Å². The van der Waals surface area contributed by atoms with Gasteiger partial charge in [0.05, 0.1) is 11.3 Å². The van der Waals surface area contributed by atoms with Crippen LogP contribution in [0.1, 0.15) is 19.4 Å². The van der Waals surface area contributed by atoms with Crippen molar-refractivity contribution in [2.24, 2.45) is 0 Å². The molecule has 0 radical (unpaired) electrons. The van der Waals surface area contributed by atoms with Crippen molar-refractivity contribution in [3.63, 3.8) is 0 Å². The Morgan fingerprint density at radius 3 is 2.12 bits per heavy atom. The summed E-state index contributed by atoms with van der Waals surface area (Å²) < 4.78 is 5.77. The molecule has 0 aliphatic rings. The van der Waals surface area contributed by atoms with Gasteiger partial charge in [-0.2, -0.15) is 0 Å². The second kappa shape index (κ2) is 7.79. The van der Waals surface area contributed by atoms with Crippen LogP contribution in [0.2, 0.25) is 5.02 Å². The van der Waals surface area contributed by atoms with Crippen LogP contribution in [0, 0.1) is 6.92 Å². The van der Waals surface area contributed by atoms with Crippen LogP contribution in [0.4, 0.5) is 5.69 Å². The van der Waals surface area contributed by atoms with Crippen molar-refractivity contribution < 1.29 is 4.42 Å². The Labute approximate surface area is 158 Å². The Kier molecular flexibility index (Phi) is 5.48. The molecule has 3 nitrogen and oxygen atoms in total. The second-order valence-corrected chi connectivity index (χ2v) is 6.55. The fraction of sp³-hybridized carbons (Fsp3) is 0.227. The molecule has 0 saturated carbocycles. The first-order valence-corrected chi connectivity index (χ1v) is 9.18. The molecule has 0 amide bonds. The van der Waals surface area contributed by atoms with E-state index < -0.39 is 0 Å². The molecule has 2 aromatic carbocycles. The summed E-state index contributed by atoms with van der Waals surface area (Å²) in [7, 11) is 0. The third-order valence-corrected chi connectivity index (χ3v) is 4.83. The first kappa shape index (κ1) is 18.3. The smallest absolute Gasteiger partial charge is 0.346 e. The summed E-state index contributed by atoms with van der Waals surface area (Å²) >= 11 is 6.00. The van der Waals surface area contributed by atoms with E-state index in [2.05, 4.69) is 18.7 Å². The fourth-order valence-electron chi connectivity index (χ4n) is 3.28. The standard InChI is InChI=1S/C22H22ClNO2/c1-4-24(5-2)20-15(3)21(17-11-13-18(23)14-12-17)26-22(25)19(20)16-9-7-6-8-10-16/h6-14H,4-5H2,1-3H3. The van der Waals surface area contributed by atoms with Crippen molar-refractivity contribution in [2.45, 2.75) is 20.8 Å². The van der Waals surface area contributed by atoms with Crippen molar-refractivity contribution >= 4 is 17.3 Å². The van der Waals surface area contributed by atoms with Gasteiger partial charge in [-0.25, -0.2) is 4.79 Å². The van der Waals surface area contributed by atoms with Crippen LogP contribution in [0.5, 0.6) is 0 Å². The highest BCUT2D eigenvalue weighted by Gasteiger charge is 2.22. The van der Waals surface area contributed by atoms with Gasteiger partial charge in [-0.3, -0.25) is 0 Å². The zero-order valence-corrected chi connectivity index (χ0v) is 16.0. The molecule has 26 heavy (non-hydrogen) atoms. The van der Waals surface area contributed by atoms with Gasteiger partial charge in [-0.05, 0) is 50.6 Å². The molecule has 0 atom stereocenters. The van der Waals surface area contributed by atoms with Crippen molar-refractivity contribution in [2.75, 3.05) is 18.0 Å². The van der Waals surface area contributed by atoms with Crippen LogP contribution in [-0.2, 0) is 0 Å². The van der Waals surface area contributed by atoms with Crippen molar-refractivity contribution in [1.29, 1.82) is 0 Å². The molecule has 4 heteroatoms. The molecule has 134 valence electrons. The molecule has 0 unspecified atom stereocenters. The number of hydrogen-bond donors (Lipinski definition) is 0. The summed E-state index contributed by atoms with van der Waals surface area (Å²) in [4.78, 5) is 15.2. The van der Waals surface area contributed by atoms with Gasteiger partial charge in [0.2, 0.25) is 0 Å². The number of nitrogens with zero attached hydrogens (tertiary/aromatic N) is 1. The van der Waals surface area contributed by atoms with Gasteiger partial charge in [0.1, 0.15) is 5.76 Å². The average molecular weight is 368 g/mol. The summed E-state index contributed by atoms with van der Waals surface area (Å²) in [6, 6.07) is 17.1. The lowest BCUT2D eigenvalue weighted by atomic mass is 9.99. The first-order chi connectivity index (χ1) is 12.6. The zero-order valence-electron chi connectivity index (χ0n) is 15.3. The van der Waals surface area contributed by atoms with Crippen LogP contribution >= 0.6 is 11.6 Å². The van der Waals surface area contributed by atoms with Crippen LogP contribution in [0.3, 0.4) is 0 Å². The molecule has 0 spiro atoms. The molecule has 1 heterocycles. The van der Waals surface area contributed by atoms with Crippen molar-refractivity contribution in [3.8, 4) is 22.5 Å². The maximum atomic E-state index is 13.0. The number of anilines is 1. The molecule has 1 aromatic heterocycles. The third kappa shape index (κ3) is 3.40. The zero-order chi connectivity index (χ0) is 18.7. The molecule has 3 rings (SSSR count). The molecule has 0 N–H and O–H groups in total. The maximum Gasteiger partial charge on any atom is 0.346 e. The van der Waals surface area contributed by atoms with Crippen LogP contribution in [0.15, 0.2) is 63.8 Å². The number of halogens is 1. The minimum Gasteiger partial charge on any atom is -0.422 e. The summed E-state index contributed by atoms with van der Waals surface area (Å²) in [6.45, 7) is 7.80. The highest BCUT2D eigenvalue weighted by molar-refractivity contribution is 6.30. The van der Waals surface area contributed by atoms with Gasteiger partial charge in [0.25, 0.3) is 0 Å². The second-order valence-electron chi connectivity index (χ2n) is 6.11. The fourth-order valence-corrected chi connectivity index (χ4v) is 3.41. The quantitative estimate of drug-likeness (QED) is 0.573. The largest absolute Gasteiger partial charge is 0.422 e. The summed E-state index contributed by atoms with van der Waals surface area (Å²) in [5.74, 6) is 0.591. The molecule has 0 aliphatic carbocycles. The molecule has 3 aromatic rings. The lowest BCUT2D eigenvalue weighted by molar-refractivity contribution is 0.524. The SMILES string of the molecule is CCN(CC)c1c(C)c(-c2ccc(Cl)cc2)oc(=O)c1-c1ccccc1. The lowest BCUT2D eigenvalue weighted by Crippen LogP contribution is -2.26. The van der Waals surface area contributed by atoms with E-state index >= 15 is 0 Å². The van der Waals surface area contributed by atoms with E-state index in [1.165, 1.54) is 0 Å². The van der Waals surface area contributed by atoms with Crippen molar-refractivity contribution in [1.82, 2.24) is 0 Å². The predicted octanol–water partition coefficient (Wildman–Crippen LogP) is 5.78. The average Bonchev–Trinajstić information content (AvgIpc) is 2.66. The normalized spacial score (nSPS) is 10.8. The Morgan fingerprint density at radius 2 is 1.54 bits per heavy atom. The molecule has 0 fully saturated rings. The summed E-state index contributed by atoms with van der Waals surface area (Å²) in [5.41, 5.74) is 3.89. The molecule has 0 saturated heterocycles. The summed E-state index contributed by atoms with van der Waals surface area (Å²) in [5, 5.41) is 0.652. The molecule has 0 aliphatic heterocycles. The van der Waals surface area contributed by atoms with Gasteiger partial charge >= 0.3 is 5.63 Å². The Hall–Kier alpha value is -2.52. The van der Waals surface area contributed by atoms with E-state index in [1.54, 1.807) is 12.1 Å². The van der Waals surface area contributed by atoms with E-state index in [0.29, 0.717) is 16.3 Å². The van der Waals surface area contributed by atoms with E-state index in [9.17, 15) is 4.79 Å². The summed E-state index contributed by atoms with van der Waals surface area (Å²) in [6.07, 6.45) is 0. The highest BCUT2D eigenvalue weighted by Crippen LogP contribution is 2.36. The molecule has 0 bridgehead atoms. The highest BCUT2D eigenvalue weighted by atomic mass is 35.5. The topological polar surface area (TPSA) is 33.5 Å². The lowest BCUT2D eigenvalue weighted by Gasteiger charge is -2.26. The van der Waals surface area contributed by atoms with Gasteiger partial charge in [-0.1, -0.05) is 41.9 Å². The number of hydrogen-bond acceptors (Lipinski definition) is 3. The molecular weight excluding hydrogens is 346 g/mol. The Bertz CT molecular complexity index is 942. The Morgan fingerprint density at radius 1 is 0.923 bits per heavy atom. The monoisotopic (exact) mass is 367 g/mol. The number of benzene rings is 2. The van der Waals surface area contributed by atoms with E-state index in [0.717, 1.165) is 35.5 Å². The maximum absolute atomic E-state index is 13.0. The minimum absolute atomic E-state index is 0.325. The van der Waals surface area contributed by atoms with Gasteiger partial charge in [-0.15, -0.1) is 0 Å². The van der Waals surface area contributed by atoms with Gasteiger partial charge in [0.15, 0.2) is 0 Å². The van der Waals surface area contributed by atoms with Crippen LogP contribution < -0.4 is 10.5 Å². The minimum atomic E-state index is -0.325. The van der Waals surface area contributed by atoms with Crippen LogP contribution in [-0.4, -0.2) is 13.1 Å².